The van der Waals surface area contributed by atoms with E-state index in [1.807, 2.05) is 36.5 Å². The molecule has 0 unspecified atom stereocenters. The number of aromatic nitrogens is 3. The van der Waals surface area contributed by atoms with Crippen LogP contribution in [0.5, 0.6) is 0 Å². The van der Waals surface area contributed by atoms with Gasteiger partial charge in [0.25, 0.3) is 0 Å². The molecule has 124 valence electrons. The van der Waals surface area contributed by atoms with E-state index in [1.54, 1.807) is 13.1 Å². The number of Topliss-reactive ketones (excluding diaryl/α,β-unsaturated/α-hetero) is 1. The highest BCUT2D eigenvalue weighted by Gasteiger charge is 2.08. The first kappa shape index (κ1) is 15.3. The van der Waals surface area contributed by atoms with E-state index in [2.05, 4.69) is 31.3 Å². The number of allylic oxidation sites excluding steroid dienone is 1. The summed E-state index contributed by atoms with van der Waals surface area (Å²) in [5, 5.41) is 4.18. The standard InChI is InChI=1S/C19H17N5O/c1-12(25)18-11-13-10-14(5-6-15(13)23-18)22-19-21-9-7-17(24-19)16-4-2-3-8-20-16/h4-11,23H,2-3H2,1H3,(H,21,22,24). The van der Waals surface area contributed by atoms with Crippen LogP contribution in [-0.4, -0.2) is 26.9 Å². The minimum atomic E-state index is 0.0167. The Kier molecular flexibility index (Phi) is 3.85. The normalized spacial score (nSPS) is 13.7. The molecule has 3 heterocycles. The number of ketones is 1. The Bertz CT molecular complexity index is 1020. The third-order valence-electron chi connectivity index (χ3n) is 4.04. The summed E-state index contributed by atoms with van der Waals surface area (Å²) in [7, 11) is 0. The number of H-pyrrole nitrogens is 1. The molecule has 4 rings (SSSR count). The van der Waals surface area contributed by atoms with E-state index in [9.17, 15) is 4.79 Å². The Morgan fingerprint density at radius 3 is 2.92 bits per heavy atom. The highest BCUT2D eigenvalue weighted by atomic mass is 16.1. The predicted octanol–water partition coefficient (Wildman–Crippen LogP) is 4.11. The van der Waals surface area contributed by atoms with Crippen LogP contribution in [-0.2, 0) is 0 Å². The highest BCUT2D eigenvalue weighted by Crippen LogP contribution is 2.23. The molecule has 0 aliphatic carbocycles. The fourth-order valence-electron chi connectivity index (χ4n) is 2.77. The molecular weight excluding hydrogens is 314 g/mol. The maximum absolute atomic E-state index is 11.5. The van der Waals surface area contributed by atoms with Gasteiger partial charge in [-0.25, -0.2) is 9.97 Å². The van der Waals surface area contributed by atoms with Gasteiger partial charge >= 0.3 is 0 Å². The zero-order valence-corrected chi connectivity index (χ0v) is 13.8. The van der Waals surface area contributed by atoms with Crippen molar-refractivity contribution in [1.29, 1.82) is 0 Å². The molecule has 6 heteroatoms. The summed E-state index contributed by atoms with van der Waals surface area (Å²) in [5.41, 5.74) is 4.07. The minimum absolute atomic E-state index is 0.0167. The van der Waals surface area contributed by atoms with Gasteiger partial charge in [-0.3, -0.25) is 9.79 Å². The van der Waals surface area contributed by atoms with Gasteiger partial charge in [0, 0.05) is 35.9 Å². The topological polar surface area (TPSA) is 83.0 Å². The molecule has 2 N–H and O–H groups in total. The fourth-order valence-corrected chi connectivity index (χ4v) is 2.77. The van der Waals surface area contributed by atoms with Crippen LogP contribution in [0, 0.1) is 0 Å². The third kappa shape index (κ3) is 3.19. The van der Waals surface area contributed by atoms with E-state index >= 15 is 0 Å². The van der Waals surface area contributed by atoms with Crippen molar-refractivity contribution in [1.82, 2.24) is 15.0 Å². The van der Waals surface area contributed by atoms with Gasteiger partial charge in [0.1, 0.15) is 0 Å². The lowest BCUT2D eigenvalue weighted by Gasteiger charge is -2.08. The lowest BCUT2D eigenvalue weighted by molar-refractivity contribution is 0.101. The quantitative estimate of drug-likeness (QED) is 0.705. The van der Waals surface area contributed by atoms with Crippen molar-refractivity contribution in [3.8, 4) is 0 Å². The molecule has 2 aromatic heterocycles. The largest absolute Gasteiger partial charge is 0.352 e. The van der Waals surface area contributed by atoms with Gasteiger partial charge in [0.2, 0.25) is 5.95 Å². The maximum atomic E-state index is 11.5. The Morgan fingerprint density at radius 2 is 2.12 bits per heavy atom. The van der Waals surface area contributed by atoms with Gasteiger partial charge < -0.3 is 10.3 Å². The SMILES string of the molecule is CC(=O)c1cc2cc(Nc3nccc(C4=CCCC=N4)n3)ccc2[nH]1. The third-order valence-corrected chi connectivity index (χ3v) is 4.04. The Balaban J connectivity index is 1.61. The van der Waals surface area contributed by atoms with Crippen molar-refractivity contribution in [2.24, 2.45) is 4.99 Å². The van der Waals surface area contributed by atoms with Crippen LogP contribution in [0.1, 0.15) is 35.9 Å². The smallest absolute Gasteiger partial charge is 0.227 e. The van der Waals surface area contributed by atoms with Crippen molar-refractivity contribution >= 4 is 40.2 Å². The average Bonchev–Trinajstić information content (AvgIpc) is 3.06. The number of carbonyl (C=O) groups excluding carboxylic acids is 1. The lowest BCUT2D eigenvalue weighted by atomic mass is 10.2. The van der Waals surface area contributed by atoms with Gasteiger partial charge in [-0.05, 0) is 43.2 Å². The molecule has 1 aliphatic rings. The van der Waals surface area contributed by atoms with Gasteiger partial charge in [-0.2, -0.15) is 0 Å². The van der Waals surface area contributed by atoms with Crippen LogP contribution in [0.2, 0.25) is 0 Å². The molecule has 0 amide bonds. The molecule has 0 fully saturated rings. The van der Waals surface area contributed by atoms with Crippen LogP contribution < -0.4 is 5.32 Å². The van der Waals surface area contributed by atoms with Crippen molar-refractivity contribution in [3.63, 3.8) is 0 Å². The molecule has 0 saturated heterocycles. The van der Waals surface area contributed by atoms with Crippen LogP contribution in [0.4, 0.5) is 11.6 Å². The molecule has 1 aromatic carbocycles. The van der Waals surface area contributed by atoms with E-state index in [1.165, 1.54) is 0 Å². The summed E-state index contributed by atoms with van der Waals surface area (Å²) < 4.78 is 0. The maximum Gasteiger partial charge on any atom is 0.227 e. The number of hydrogen-bond acceptors (Lipinski definition) is 5. The van der Waals surface area contributed by atoms with Crippen molar-refractivity contribution < 1.29 is 4.79 Å². The van der Waals surface area contributed by atoms with Crippen LogP contribution in [0.25, 0.3) is 16.6 Å². The molecule has 25 heavy (non-hydrogen) atoms. The van der Waals surface area contributed by atoms with Gasteiger partial charge in [0.05, 0.1) is 17.1 Å². The first-order valence-corrected chi connectivity index (χ1v) is 8.16. The molecule has 0 atom stereocenters. The molecule has 1 aliphatic heterocycles. The van der Waals surface area contributed by atoms with E-state index < -0.39 is 0 Å². The molecule has 0 spiro atoms. The first-order valence-electron chi connectivity index (χ1n) is 8.16. The summed E-state index contributed by atoms with van der Waals surface area (Å²) in [5.74, 6) is 0.531. The van der Waals surface area contributed by atoms with E-state index in [0.717, 1.165) is 40.8 Å². The highest BCUT2D eigenvalue weighted by molar-refractivity contribution is 5.98. The predicted molar refractivity (Wildman–Crippen MR) is 99.3 cm³/mol. The van der Waals surface area contributed by atoms with Gasteiger partial charge in [-0.15, -0.1) is 0 Å². The summed E-state index contributed by atoms with van der Waals surface area (Å²) in [6.07, 6.45) is 7.67. The average molecular weight is 331 g/mol. The number of carbonyl (C=O) groups is 1. The molecule has 3 aromatic rings. The van der Waals surface area contributed by atoms with E-state index in [0.29, 0.717) is 11.6 Å². The number of nitrogens with one attached hydrogen (secondary N) is 2. The second-order valence-electron chi connectivity index (χ2n) is 5.91. The zero-order chi connectivity index (χ0) is 17.2. The van der Waals surface area contributed by atoms with E-state index in [-0.39, 0.29) is 5.78 Å². The number of hydrogen-bond donors (Lipinski definition) is 2. The second-order valence-corrected chi connectivity index (χ2v) is 5.91. The first-order chi connectivity index (χ1) is 12.2. The van der Waals surface area contributed by atoms with Crippen molar-refractivity contribution in [3.05, 3.63) is 54.0 Å². The molecule has 0 bridgehead atoms. The number of benzene rings is 1. The van der Waals surface area contributed by atoms with Crippen LogP contribution in [0.15, 0.2) is 47.6 Å². The number of fused-ring (bicyclic) bond motifs is 1. The van der Waals surface area contributed by atoms with E-state index in [4.69, 9.17) is 0 Å². The number of aliphatic imine (C=N–C) groups is 1. The molecular formula is C19H17N5O. The summed E-state index contributed by atoms with van der Waals surface area (Å²) in [4.78, 5) is 27.8. The Labute approximate surface area is 144 Å². The number of nitrogens with zero attached hydrogens (tertiary/aromatic N) is 3. The minimum Gasteiger partial charge on any atom is -0.352 e. The Hall–Kier alpha value is -3.28. The molecule has 0 radical (unpaired) electrons. The lowest BCUT2D eigenvalue weighted by Crippen LogP contribution is -2.00. The summed E-state index contributed by atoms with van der Waals surface area (Å²) >= 11 is 0. The fraction of sp³-hybridized carbons (Fsp3) is 0.158. The molecule has 0 saturated carbocycles. The molecule has 6 nitrogen and oxygen atoms in total. The number of rotatable bonds is 4. The number of aromatic amines is 1. The zero-order valence-electron chi connectivity index (χ0n) is 13.8. The summed E-state index contributed by atoms with van der Waals surface area (Å²) in [6.45, 7) is 1.55. The Morgan fingerprint density at radius 1 is 1.20 bits per heavy atom. The van der Waals surface area contributed by atoms with Crippen LogP contribution >= 0.6 is 0 Å². The number of anilines is 2. The van der Waals surface area contributed by atoms with Gasteiger partial charge in [0.15, 0.2) is 5.78 Å². The van der Waals surface area contributed by atoms with Crippen LogP contribution in [0.3, 0.4) is 0 Å². The van der Waals surface area contributed by atoms with Crippen molar-refractivity contribution in [2.75, 3.05) is 5.32 Å². The van der Waals surface area contributed by atoms with Gasteiger partial charge in [-0.1, -0.05) is 6.08 Å². The monoisotopic (exact) mass is 331 g/mol. The summed E-state index contributed by atoms with van der Waals surface area (Å²) in [6, 6.07) is 9.53. The second kappa shape index (κ2) is 6.32. The van der Waals surface area contributed by atoms with Crippen molar-refractivity contribution in [2.45, 2.75) is 19.8 Å².